The van der Waals surface area contributed by atoms with Gasteiger partial charge in [0.15, 0.2) is 6.00 Å². The summed E-state index contributed by atoms with van der Waals surface area (Å²) in [4.78, 5) is 0. The Morgan fingerprint density at radius 2 is 1.19 bits per heavy atom. The minimum atomic E-state index is 0.775. The third kappa shape index (κ3) is 8.41. The molecule has 0 aliphatic rings. The molecule has 98 valence electrons. The van der Waals surface area contributed by atoms with Gasteiger partial charge in [-0.1, -0.05) is 51.1 Å². The van der Waals surface area contributed by atoms with E-state index in [0.717, 1.165) is 10.5 Å². The number of alkyl halides is 1. The van der Waals surface area contributed by atoms with E-state index in [-0.39, 0.29) is 0 Å². The lowest BCUT2D eigenvalue weighted by atomic mass is 10.1. The molecule has 0 aromatic heterocycles. The lowest BCUT2D eigenvalue weighted by Gasteiger charge is -2.32. The maximum Gasteiger partial charge on any atom is 0.154 e. The largest absolute Gasteiger partial charge is 0.313 e. The van der Waals surface area contributed by atoms with Crippen LogP contribution in [0.15, 0.2) is 0 Å². The molecule has 0 aromatic carbocycles. The van der Waals surface area contributed by atoms with Gasteiger partial charge in [-0.3, -0.25) is 0 Å². The molecular weight excluding hydrogens is 218 g/mol. The molecular formula is C14H31ClN+. The molecule has 0 aromatic rings. The van der Waals surface area contributed by atoms with Gasteiger partial charge in [0, 0.05) is 0 Å². The predicted molar refractivity (Wildman–Crippen MR) is 74.9 cm³/mol. The molecule has 0 fully saturated rings. The molecule has 2 heteroatoms. The number of nitrogens with zero attached hydrogens (tertiary/aromatic N) is 1. The third-order valence-electron chi connectivity index (χ3n) is 3.39. The molecule has 0 amide bonds. The zero-order valence-electron chi connectivity index (χ0n) is 11.6. The minimum absolute atomic E-state index is 0.775. The molecule has 0 saturated heterocycles. The van der Waals surface area contributed by atoms with Crippen molar-refractivity contribution in [2.75, 3.05) is 26.1 Å². The summed E-state index contributed by atoms with van der Waals surface area (Å²) in [5.74, 6) is 0. The van der Waals surface area contributed by atoms with Crippen LogP contribution in [-0.4, -0.2) is 30.6 Å². The number of hydrogen-bond acceptors (Lipinski definition) is 0. The summed E-state index contributed by atoms with van der Waals surface area (Å²) in [6.45, 7) is 7.04. The standard InChI is InChI=1S/C14H31ClN/c1-4-6-8-9-11-13-16(3,14-15)12-10-7-5-2/h4-14H2,1-3H3/q+1. The SMILES string of the molecule is CCCCCCC[N+](C)(CCl)CCCCC. The summed E-state index contributed by atoms with van der Waals surface area (Å²) in [5, 5.41) is 0. The van der Waals surface area contributed by atoms with Crippen LogP contribution in [0.3, 0.4) is 0 Å². The highest BCUT2D eigenvalue weighted by molar-refractivity contribution is 6.16. The van der Waals surface area contributed by atoms with Gasteiger partial charge >= 0.3 is 0 Å². The molecule has 0 N–H and O–H groups in total. The Bertz CT molecular complexity index is 150. The number of hydrogen-bond donors (Lipinski definition) is 0. The second-order valence-electron chi connectivity index (χ2n) is 5.31. The van der Waals surface area contributed by atoms with Crippen molar-refractivity contribution in [3.63, 3.8) is 0 Å². The fourth-order valence-corrected chi connectivity index (χ4v) is 2.31. The normalized spacial score (nSPS) is 15.0. The van der Waals surface area contributed by atoms with Crippen molar-refractivity contribution >= 4 is 11.6 Å². The van der Waals surface area contributed by atoms with Crippen LogP contribution in [-0.2, 0) is 0 Å². The molecule has 0 bridgehead atoms. The Labute approximate surface area is 108 Å². The predicted octanol–water partition coefficient (Wildman–Crippen LogP) is 4.79. The smallest absolute Gasteiger partial charge is 0.154 e. The van der Waals surface area contributed by atoms with Crippen molar-refractivity contribution in [3.8, 4) is 0 Å². The number of halogens is 1. The van der Waals surface area contributed by atoms with Gasteiger partial charge in [0.25, 0.3) is 0 Å². The molecule has 0 aliphatic heterocycles. The van der Waals surface area contributed by atoms with E-state index in [0.29, 0.717) is 0 Å². The van der Waals surface area contributed by atoms with Crippen molar-refractivity contribution in [2.45, 2.75) is 65.2 Å². The van der Waals surface area contributed by atoms with Crippen LogP contribution in [0.4, 0.5) is 0 Å². The first-order valence-electron chi connectivity index (χ1n) is 7.08. The van der Waals surface area contributed by atoms with Gasteiger partial charge < -0.3 is 4.48 Å². The fraction of sp³-hybridized carbons (Fsp3) is 1.00. The Morgan fingerprint density at radius 3 is 1.69 bits per heavy atom. The zero-order chi connectivity index (χ0) is 12.3. The van der Waals surface area contributed by atoms with E-state index in [1.54, 1.807) is 0 Å². The third-order valence-corrected chi connectivity index (χ3v) is 3.97. The van der Waals surface area contributed by atoms with E-state index in [1.807, 2.05) is 0 Å². The number of rotatable bonds is 11. The van der Waals surface area contributed by atoms with E-state index < -0.39 is 0 Å². The molecule has 0 heterocycles. The topological polar surface area (TPSA) is 0 Å². The van der Waals surface area contributed by atoms with E-state index in [9.17, 15) is 0 Å². The maximum absolute atomic E-state index is 6.10. The lowest BCUT2D eigenvalue weighted by molar-refractivity contribution is -0.899. The van der Waals surface area contributed by atoms with Gasteiger partial charge in [0.1, 0.15) is 0 Å². The summed E-state index contributed by atoms with van der Waals surface area (Å²) < 4.78 is 1.06. The van der Waals surface area contributed by atoms with E-state index in [4.69, 9.17) is 11.6 Å². The van der Waals surface area contributed by atoms with E-state index >= 15 is 0 Å². The summed E-state index contributed by atoms with van der Waals surface area (Å²) in [6.07, 6.45) is 10.8. The summed E-state index contributed by atoms with van der Waals surface area (Å²) in [6, 6.07) is 0.775. The van der Waals surface area contributed by atoms with E-state index in [1.165, 1.54) is 64.5 Å². The first kappa shape index (κ1) is 16.2. The van der Waals surface area contributed by atoms with Crippen LogP contribution in [0.1, 0.15) is 65.2 Å². The van der Waals surface area contributed by atoms with Gasteiger partial charge in [0.05, 0.1) is 20.1 Å². The lowest BCUT2D eigenvalue weighted by Crippen LogP contribution is -2.44. The first-order valence-corrected chi connectivity index (χ1v) is 7.61. The molecule has 1 atom stereocenters. The quantitative estimate of drug-likeness (QED) is 0.213. The zero-order valence-corrected chi connectivity index (χ0v) is 12.4. The van der Waals surface area contributed by atoms with Crippen molar-refractivity contribution in [2.24, 2.45) is 0 Å². The van der Waals surface area contributed by atoms with Crippen molar-refractivity contribution in [3.05, 3.63) is 0 Å². The van der Waals surface area contributed by atoms with Crippen LogP contribution < -0.4 is 0 Å². The molecule has 1 nitrogen and oxygen atoms in total. The Hall–Kier alpha value is 0.250. The average molecular weight is 249 g/mol. The van der Waals surface area contributed by atoms with Gasteiger partial charge in [-0.25, -0.2) is 0 Å². The van der Waals surface area contributed by atoms with Crippen LogP contribution >= 0.6 is 11.6 Å². The summed E-state index contributed by atoms with van der Waals surface area (Å²) in [5.41, 5.74) is 0. The Kier molecular flexibility index (Phi) is 10.6. The molecule has 0 rings (SSSR count). The highest BCUT2D eigenvalue weighted by Gasteiger charge is 2.18. The fourth-order valence-electron chi connectivity index (χ4n) is 2.07. The Morgan fingerprint density at radius 1 is 0.750 bits per heavy atom. The van der Waals surface area contributed by atoms with Crippen molar-refractivity contribution in [1.82, 2.24) is 0 Å². The molecule has 0 radical (unpaired) electrons. The molecule has 16 heavy (non-hydrogen) atoms. The van der Waals surface area contributed by atoms with Crippen LogP contribution in [0.5, 0.6) is 0 Å². The van der Waals surface area contributed by atoms with Crippen LogP contribution in [0, 0.1) is 0 Å². The summed E-state index contributed by atoms with van der Waals surface area (Å²) in [7, 11) is 2.31. The van der Waals surface area contributed by atoms with E-state index in [2.05, 4.69) is 20.9 Å². The van der Waals surface area contributed by atoms with Gasteiger partial charge in [-0.2, -0.15) is 0 Å². The van der Waals surface area contributed by atoms with Crippen molar-refractivity contribution < 1.29 is 4.48 Å². The molecule has 0 saturated carbocycles. The van der Waals surface area contributed by atoms with Crippen LogP contribution in [0.2, 0.25) is 0 Å². The van der Waals surface area contributed by atoms with Crippen LogP contribution in [0.25, 0.3) is 0 Å². The Balaban J connectivity index is 3.61. The van der Waals surface area contributed by atoms with Gasteiger partial charge in [0.2, 0.25) is 0 Å². The minimum Gasteiger partial charge on any atom is -0.313 e. The van der Waals surface area contributed by atoms with Gasteiger partial charge in [-0.05, 0) is 25.7 Å². The number of quaternary nitrogens is 1. The molecule has 1 unspecified atom stereocenters. The summed E-state index contributed by atoms with van der Waals surface area (Å²) >= 11 is 6.10. The maximum atomic E-state index is 6.10. The second-order valence-corrected chi connectivity index (χ2v) is 5.55. The highest BCUT2D eigenvalue weighted by atomic mass is 35.5. The second kappa shape index (κ2) is 10.4. The molecule has 0 spiro atoms. The van der Waals surface area contributed by atoms with Crippen molar-refractivity contribution in [1.29, 1.82) is 0 Å². The molecule has 0 aliphatic carbocycles. The first-order chi connectivity index (χ1) is 7.68. The average Bonchev–Trinajstić information content (AvgIpc) is 2.29. The highest BCUT2D eigenvalue weighted by Crippen LogP contribution is 2.12. The van der Waals surface area contributed by atoms with Gasteiger partial charge in [-0.15, -0.1) is 0 Å². The number of unbranched alkanes of at least 4 members (excludes halogenated alkanes) is 6. The monoisotopic (exact) mass is 248 g/mol.